The highest BCUT2D eigenvalue weighted by Gasteiger charge is 2.25. The van der Waals surface area contributed by atoms with Crippen LogP contribution in [0.5, 0.6) is 11.5 Å². The number of fused-ring (bicyclic) bond motifs is 1. The van der Waals surface area contributed by atoms with Gasteiger partial charge in [0.2, 0.25) is 11.8 Å². The van der Waals surface area contributed by atoms with Crippen molar-refractivity contribution in [2.75, 3.05) is 43.5 Å². The lowest BCUT2D eigenvalue weighted by Gasteiger charge is -2.21. The molecule has 9 nitrogen and oxygen atoms in total. The van der Waals surface area contributed by atoms with Gasteiger partial charge in [0.05, 0.1) is 24.3 Å². The third-order valence-electron chi connectivity index (χ3n) is 5.37. The lowest BCUT2D eigenvalue weighted by Crippen LogP contribution is -2.39. The molecule has 1 saturated carbocycles. The first kappa shape index (κ1) is 22.6. The lowest BCUT2D eigenvalue weighted by atomic mass is 10.1. The van der Waals surface area contributed by atoms with Crippen LogP contribution in [-0.2, 0) is 9.59 Å². The van der Waals surface area contributed by atoms with Gasteiger partial charge in [-0.05, 0) is 43.7 Å². The summed E-state index contributed by atoms with van der Waals surface area (Å²) in [5, 5.41) is 8.56. The Morgan fingerprint density at radius 2 is 1.64 bits per heavy atom. The summed E-state index contributed by atoms with van der Waals surface area (Å²) in [7, 11) is 0. The van der Waals surface area contributed by atoms with Gasteiger partial charge in [-0.2, -0.15) is 0 Å². The predicted octanol–water partition coefficient (Wildman–Crippen LogP) is 2.25. The Balaban J connectivity index is 1.31. The van der Waals surface area contributed by atoms with Crippen LogP contribution in [0, 0.1) is 0 Å². The van der Waals surface area contributed by atoms with E-state index in [1.165, 1.54) is 0 Å². The molecule has 1 fully saturated rings. The fourth-order valence-electron chi connectivity index (χ4n) is 3.48. The number of anilines is 2. The monoisotopic (exact) mass is 452 g/mol. The molecule has 0 spiro atoms. The summed E-state index contributed by atoms with van der Waals surface area (Å²) >= 11 is 0. The van der Waals surface area contributed by atoms with Gasteiger partial charge >= 0.3 is 0 Å². The van der Waals surface area contributed by atoms with Crippen LogP contribution < -0.4 is 25.4 Å². The van der Waals surface area contributed by atoms with Gasteiger partial charge in [-0.3, -0.25) is 19.3 Å². The van der Waals surface area contributed by atoms with E-state index in [1.54, 1.807) is 47.4 Å². The molecule has 3 amide bonds. The number of hydrogen-bond acceptors (Lipinski definition) is 6. The Hall–Kier alpha value is -3.59. The number of likely N-dealkylation sites (N-methyl/N-ethyl adjacent to an activating group) is 1. The lowest BCUT2D eigenvalue weighted by molar-refractivity contribution is -0.119. The average Bonchev–Trinajstić information content (AvgIpc) is 3.62. The maximum atomic E-state index is 12.6. The van der Waals surface area contributed by atoms with Gasteiger partial charge in [-0.1, -0.05) is 19.1 Å². The third-order valence-corrected chi connectivity index (χ3v) is 5.37. The number of carbonyl (C=O) groups is 3. The summed E-state index contributed by atoms with van der Waals surface area (Å²) in [6.45, 7) is 3.41. The number of hydrogen-bond donors (Lipinski definition) is 3. The van der Waals surface area contributed by atoms with E-state index in [0.717, 1.165) is 12.8 Å². The van der Waals surface area contributed by atoms with Gasteiger partial charge in [0, 0.05) is 17.8 Å². The second-order valence-corrected chi connectivity index (χ2v) is 8.05. The minimum Gasteiger partial charge on any atom is -0.486 e. The van der Waals surface area contributed by atoms with Crippen LogP contribution in [0.2, 0.25) is 0 Å². The van der Waals surface area contributed by atoms with Crippen molar-refractivity contribution in [2.24, 2.45) is 0 Å². The van der Waals surface area contributed by atoms with Crippen LogP contribution in [0.3, 0.4) is 0 Å². The van der Waals surface area contributed by atoms with Gasteiger partial charge in [0.1, 0.15) is 13.2 Å². The van der Waals surface area contributed by atoms with Crippen LogP contribution in [0.4, 0.5) is 11.4 Å². The Morgan fingerprint density at radius 3 is 2.36 bits per heavy atom. The Labute approximate surface area is 192 Å². The Bertz CT molecular complexity index is 1040. The van der Waals surface area contributed by atoms with E-state index in [1.807, 2.05) is 6.92 Å². The number of amides is 3. The number of rotatable bonds is 9. The zero-order chi connectivity index (χ0) is 23.2. The topological polar surface area (TPSA) is 109 Å². The van der Waals surface area contributed by atoms with Gasteiger partial charge < -0.3 is 25.4 Å². The number of nitrogens with one attached hydrogen (secondary N) is 3. The van der Waals surface area contributed by atoms with Crippen LogP contribution in [0.15, 0.2) is 42.5 Å². The molecule has 9 heteroatoms. The molecular formula is C24H28N4O5. The highest BCUT2D eigenvalue weighted by Crippen LogP contribution is 2.32. The molecule has 2 aromatic rings. The van der Waals surface area contributed by atoms with Crippen molar-refractivity contribution < 1.29 is 23.9 Å². The number of ether oxygens (including phenoxy) is 2. The van der Waals surface area contributed by atoms with Crippen molar-refractivity contribution in [1.29, 1.82) is 0 Å². The standard InChI is InChI=1S/C24H28N4O5/c1-2-28(14-22(29)25-17-9-10-20-21(13-17)33-12-11-32-20)15-23(30)27-19-6-4-3-5-18(19)24(31)26-16-7-8-16/h3-6,9-10,13,16H,2,7-8,11-12,14-15H2,1H3,(H,25,29)(H,26,31)(H,27,30). The van der Waals surface area contributed by atoms with Crippen LogP contribution in [0.1, 0.15) is 30.1 Å². The second-order valence-electron chi connectivity index (χ2n) is 8.05. The van der Waals surface area contributed by atoms with E-state index in [4.69, 9.17) is 9.47 Å². The van der Waals surface area contributed by atoms with Crippen molar-refractivity contribution >= 4 is 29.1 Å². The largest absolute Gasteiger partial charge is 0.486 e. The maximum absolute atomic E-state index is 12.6. The average molecular weight is 453 g/mol. The molecule has 0 atom stereocenters. The molecule has 1 aliphatic carbocycles. The highest BCUT2D eigenvalue weighted by molar-refractivity contribution is 6.04. The first-order valence-electron chi connectivity index (χ1n) is 11.1. The normalized spacial score (nSPS) is 14.5. The molecule has 33 heavy (non-hydrogen) atoms. The Morgan fingerprint density at radius 1 is 0.939 bits per heavy atom. The molecule has 0 bridgehead atoms. The van der Waals surface area contributed by atoms with Crippen LogP contribution in [0.25, 0.3) is 0 Å². The summed E-state index contributed by atoms with van der Waals surface area (Å²) in [4.78, 5) is 39.3. The minimum absolute atomic E-state index is 0.0175. The highest BCUT2D eigenvalue weighted by atomic mass is 16.6. The fourth-order valence-corrected chi connectivity index (χ4v) is 3.48. The van der Waals surface area contributed by atoms with Gasteiger partial charge in [0.25, 0.3) is 5.91 Å². The van der Waals surface area contributed by atoms with Gasteiger partial charge in [-0.15, -0.1) is 0 Å². The zero-order valence-electron chi connectivity index (χ0n) is 18.6. The van der Waals surface area contributed by atoms with E-state index in [2.05, 4.69) is 16.0 Å². The second kappa shape index (κ2) is 10.4. The molecule has 1 aliphatic heterocycles. The van der Waals surface area contributed by atoms with Crippen molar-refractivity contribution in [2.45, 2.75) is 25.8 Å². The summed E-state index contributed by atoms with van der Waals surface area (Å²) < 4.78 is 11.0. The molecule has 0 saturated heterocycles. The number of para-hydroxylation sites is 1. The number of benzene rings is 2. The van der Waals surface area contributed by atoms with Crippen molar-refractivity contribution in [3.8, 4) is 11.5 Å². The maximum Gasteiger partial charge on any atom is 0.253 e. The summed E-state index contributed by atoms with van der Waals surface area (Å²) in [6, 6.07) is 12.4. The smallest absolute Gasteiger partial charge is 0.253 e. The summed E-state index contributed by atoms with van der Waals surface area (Å²) in [5.74, 6) is 0.508. The number of nitrogens with zero attached hydrogens (tertiary/aromatic N) is 1. The minimum atomic E-state index is -0.296. The molecule has 174 valence electrons. The molecule has 0 radical (unpaired) electrons. The molecule has 0 aromatic heterocycles. The predicted molar refractivity (Wildman–Crippen MR) is 124 cm³/mol. The van der Waals surface area contributed by atoms with Crippen molar-refractivity contribution in [1.82, 2.24) is 10.2 Å². The van der Waals surface area contributed by atoms with Crippen LogP contribution in [-0.4, -0.2) is 61.5 Å². The molecule has 1 heterocycles. The molecule has 4 rings (SSSR count). The quantitative estimate of drug-likeness (QED) is 0.539. The van der Waals surface area contributed by atoms with Gasteiger partial charge in [-0.25, -0.2) is 0 Å². The van der Waals surface area contributed by atoms with E-state index >= 15 is 0 Å². The van der Waals surface area contributed by atoms with Gasteiger partial charge in [0.15, 0.2) is 11.5 Å². The van der Waals surface area contributed by atoms with E-state index in [0.29, 0.717) is 48.2 Å². The van der Waals surface area contributed by atoms with E-state index in [9.17, 15) is 14.4 Å². The van der Waals surface area contributed by atoms with Crippen LogP contribution >= 0.6 is 0 Å². The summed E-state index contributed by atoms with van der Waals surface area (Å²) in [5.41, 5.74) is 1.48. The fraction of sp³-hybridized carbons (Fsp3) is 0.375. The SMILES string of the molecule is CCN(CC(=O)Nc1ccc2c(c1)OCCO2)CC(=O)Nc1ccccc1C(=O)NC1CC1. The first-order valence-corrected chi connectivity index (χ1v) is 11.1. The van der Waals surface area contributed by atoms with Crippen molar-refractivity contribution in [3.05, 3.63) is 48.0 Å². The number of carbonyl (C=O) groups excluding carboxylic acids is 3. The molecular weight excluding hydrogens is 424 g/mol. The first-order chi connectivity index (χ1) is 16.0. The molecule has 3 N–H and O–H groups in total. The summed E-state index contributed by atoms with van der Waals surface area (Å²) in [6.07, 6.45) is 1.97. The van der Waals surface area contributed by atoms with E-state index in [-0.39, 0.29) is 36.9 Å². The van der Waals surface area contributed by atoms with E-state index < -0.39 is 0 Å². The molecule has 2 aromatic carbocycles. The molecule has 0 unspecified atom stereocenters. The zero-order valence-corrected chi connectivity index (χ0v) is 18.6. The molecule has 2 aliphatic rings. The van der Waals surface area contributed by atoms with Crippen molar-refractivity contribution in [3.63, 3.8) is 0 Å². The Kier molecular flexibility index (Phi) is 7.09. The third kappa shape index (κ3) is 6.23.